The first-order chi connectivity index (χ1) is 9.70. The molecular formula is C15H16ClN3O. The number of pyridine rings is 1. The lowest BCUT2D eigenvalue weighted by atomic mass is 10.0. The zero-order valence-corrected chi connectivity index (χ0v) is 11.7. The molecule has 0 radical (unpaired) electrons. The third-order valence-corrected chi connectivity index (χ3v) is 4.86. The Morgan fingerprint density at radius 1 is 1.35 bits per heavy atom. The van der Waals surface area contributed by atoms with Crippen LogP contribution in [0, 0.1) is 5.92 Å². The highest BCUT2D eigenvalue weighted by molar-refractivity contribution is 6.30. The van der Waals surface area contributed by atoms with E-state index in [1.807, 2.05) is 34.9 Å². The summed E-state index contributed by atoms with van der Waals surface area (Å²) >= 11 is 6.04. The molecule has 2 fully saturated rings. The van der Waals surface area contributed by atoms with E-state index < -0.39 is 0 Å². The van der Waals surface area contributed by atoms with Crippen molar-refractivity contribution in [2.45, 2.75) is 24.9 Å². The van der Waals surface area contributed by atoms with Gasteiger partial charge in [0.05, 0.1) is 0 Å². The number of carbonyl (C=O) groups is 1. The largest absolute Gasteiger partial charge is 0.349 e. The van der Waals surface area contributed by atoms with Gasteiger partial charge in [0, 0.05) is 35.9 Å². The third-order valence-electron chi connectivity index (χ3n) is 4.55. The Morgan fingerprint density at radius 3 is 3.00 bits per heavy atom. The van der Waals surface area contributed by atoms with Gasteiger partial charge in [-0.05, 0) is 43.0 Å². The summed E-state index contributed by atoms with van der Waals surface area (Å²) in [7, 11) is 0. The Balaban J connectivity index is 1.54. The fourth-order valence-electron chi connectivity index (χ4n) is 3.48. The second kappa shape index (κ2) is 4.50. The first-order valence-corrected chi connectivity index (χ1v) is 7.39. The normalized spacial score (nSPS) is 28.1. The van der Waals surface area contributed by atoms with Crippen LogP contribution in [0.2, 0.25) is 5.15 Å². The fourth-order valence-corrected chi connectivity index (χ4v) is 3.70. The fraction of sp³-hybridized carbons (Fsp3) is 0.400. The lowest BCUT2D eigenvalue weighted by molar-refractivity contribution is 0.0925. The molecule has 5 heteroatoms. The Hall–Kier alpha value is -1.52. The topological polar surface area (TPSA) is 45.5 Å². The summed E-state index contributed by atoms with van der Waals surface area (Å²) in [6, 6.07) is 8.37. The van der Waals surface area contributed by atoms with Gasteiger partial charge in [0.1, 0.15) is 5.15 Å². The third kappa shape index (κ3) is 1.91. The highest BCUT2D eigenvalue weighted by Crippen LogP contribution is 2.31. The molecule has 1 aliphatic carbocycles. The van der Waals surface area contributed by atoms with Gasteiger partial charge in [0.25, 0.3) is 5.91 Å². The van der Waals surface area contributed by atoms with Crippen molar-refractivity contribution >= 4 is 23.0 Å². The molecule has 2 bridgehead atoms. The van der Waals surface area contributed by atoms with Gasteiger partial charge in [-0.25, -0.2) is 0 Å². The highest BCUT2D eigenvalue weighted by atomic mass is 35.5. The van der Waals surface area contributed by atoms with E-state index in [9.17, 15) is 4.79 Å². The number of fused-ring (bicyclic) bond motifs is 3. The molecule has 0 aromatic carbocycles. The lowest BCUT2D eigenvalue weighted by Crippen LogP contribution is -2.44. The number of nitrogens with one attached hydrogen (secondary N) is 2. The number of carbonyl (C=O) groups excluding carboxylic acids is 1. The zero-order valence-electron chi connectivity index (χ0n) is 11.0. The van der Waals surface area contributed by atoms with Gasteiger partial charge < -0.3 is 15.0 Å². The Labute approximate surface area is 122 Å². The molecule has 4 nitrogen and oxygen atoms in total. The van der Waals surface area contributed by atoms with Crippen molar-refractivity contribution < 1.29 is 4.79 Å². The molecule has 4 rings (SSSR count). The quantitative estimate of drug-likeness (QED) is 0.889. The van der Waals surface area contributed by atoms with E-state index in [-0.39, 0.29) is 5.91 Å². The number of hydrogen-bond acceptors (Lipinski definition) is 2. The summed E-state index contributed by atoms with van der Waals surface area (Å²) in [5, 5.41) is 7.29. The van der Waals surface area contributed by atoms with Crippen molar-refractivity contribution in [2.24, 2.45) is 5.92 Å². The van der Waals surface area contributed by atoms with Crippen LogP contribution in [0.15, 0.2) is 30.5 Å². The summed E-state index contributed by atoms with van der Waals surface area (Å²) in [5.41, 5.74) is 1.64. The van der Waals surface area contributed by atoms with Crippen LogP contribution >= 0.6 is 11.6 Å². The van der Waals surface area contributed by atoms with Crippen molar-refractivity contribution in [3.05, 3.63) is 41.2 Å². The zero-order chi connectivity index (χ0) is 13.7. The molecule has 1 aliphatic heterocycles. The van der Waals surface area contributed by atoms with Gasteiger partial charge in [0.2, 0.25) is 0 Å². The maximum absolute atomic E-state index is 12.4. The van der Waals surface area contributed by atoms with Crippen LogP contribution in [0.25, 0.3) is 5.52 Å². The molecule has 20 heavy (non-hydrogen) atoms. The molecule has 1 saturated heterocycles. The van der Waals surface area contributed by atoms with E-state index in [0.717, 1.165) is 18.5 Å². The SMILES string of the molecule is O=C(NC1CC2CC1CN2)c1ccn2c(Cl)ccc2c1. The Morgan fingerprint density at radius 2 is 2.25 bits per heavy atom. The minimum atomic E-state index is 0.0161. The molecule has 2 N–H and O–H groups in total. The van der Waals surface area contributed by atoms with Crippen molar-refractivity contribution in [2.75, 3.05) is 6.54 Å². The van der Waals surface area contributed by atoms with Gasteiger partial charge in [-0.15, -0.1) is 0 Å². The molecule has 1 amide bonds. The molecule has 2 aromatic rings. The monoisotopic (exact) mass is 289 g/mol. The van der Waals surface area contributed by atoms with E-state index in [1.165, 1.54) is 6.42 Å². The van der Waals surface area contributed by atoms with E-state index >= 15 is 0 Å². The van der Waals surface area contributed by atoms with Gasteiger partial charge >= 0.3 is 0 Å². The van der Waals surface area contributed by atoms with Crippen molar-refractivity contribution in [3.8, 4) is 0 Å². The second-order valence-corrected chi connectivity index (χ2v) is 6.17. The molecule has 3 atom stereocenters. The van der Waals surface area contributed by atoms with Crippen molar-refractivity contribution in [1.82, 2.24) is 15.0 Å². The maximum atomic E-state index is 12.4. The van der Waals surface area contributed by atoms with Crippen LogP contribution in [-0.4, -0.2) is 28.9 Å². The predicted octanol–water partition coefficient (Wildman–Crippen LogP) is 2.07. The van der Waals surface area contributed by atoms with Crippen LogP contribution in [0.3, 0.4) is 0 Å². The number of hydrogen-bond donors (Lipinski definition) is 2. The minimum Gasteiger partial charge on any atom is -0.349 e. The summed E-state index contributed by atoms with van der Waals surface area (Å²) in [4.78, 5) is 12.4. The summed E-state index contributed by atoms with van der Waals surface area (Å²) in [5.74, 6) is 0.609. The second-order valence-electron chi connectivity index (χ2n) is 5.78. The lowest BCUT2D eigenvalue weighted by Gasteiger charge is -2.23. The summed E-state index contributed by atoms with van der Waals surface area (Å²) in [6.07, 6.45) is 4.09. The van der Waals surface area contributed by atoms with Gasteiger partial charge in [-0.1, -0.05) is 11.6 Å². The molecule has 2 aliphatic rings. The van der Waals surface area contributed by atoms with Crippen LogP contribution < -0.4 is 10.6 Å². The van der Waals surface area contributed by atoms with Crippen molar-refractivity contribution in [3.63, 3.8) is 0 Å². The number of aromatic nitrogens is 1. The first kappa shape index (κ1) is 12.2. The van der Waals surface area contributed by atoms with Crippen LogP contribution in [0.5, 0.6) is 0 Å². The number of nitrogens with zero attached hydrogens (tertiary/aromatic N) is 1. The number of rotatable bonds is 2. The molecule has 3 heterocycles. The van der Waals surface area contributed by atoms with Gasteiger partial charge in [-0.3, -0.25) is 4.79 Å². The van der Waals surface area contributed by atoms with Crippen LogP contribution in [0.1, 0.15) is 23.2 Å². The standard InChI is InChI=1S/C15H16ClN3O/c16-14-2-1-12-6-9(3-4-19(12)14)15(20)18-13-7-11-5-10(13)8-17-11/h1-4,6,10-11,13,17H,5,7-8H2,(H,18,20). The van der Waals surface area contributed by atoms with Gasteiger partial charge in [0.15, 0.2) is 0 Å². The summed E-state index contributed by atoms with van der Waals surface area (Å²) in [6.45, 7) is 1.03. The van der Waals surface area contributed by atoms with E-state index in [4.69, 9.17) is 11.6 Å². The first-order valence-electron chi connectivity index (χ1n) is 7.01. The van der Waals surface area contributed by atoms with Gasteiger partial charge in [-0.2, -0.15) is 0 Å². The number of halogens is 1. The van der Waals surface area contributed by atoms with Crippen molar-refractivity contribution in [1.29, 1.82) is 0 Å². The van der Waals surface area contributed by atoms with Crippen LogP contribution in [0.4, 0.5) is 0 Å². The maximum Gasteiger partial charge on any atom is 0.251 e. The molecule has 104 valence electrons. The number of piperidine rings is 1. The molecule has 2 aromatic heterocycles. The smallest absolute Gasteiger partial charge is 0.251 e. The van der Waals surface area contributed by atoms with E-state index in [2.05, 4.69) is 10.6 Å². The Bertz CT molecular complexity index is 681. The molecule has 0 spiro atoms. The summed E-state index contributed by atoms with van der Waals surface area (Å²) < 4.78 is 1.86. The average molecular weight is 290 g/mol. The van der Waals surface area contributed by atoms with Crippen LogP contribution in [-0.2, 0) is 0 Å². The number of amides is 1. The molecule has 3 unspecified atom stereocenters. The van der Waals surface area contributed by atoms with E-state index in [0.29, 0.717) is 28.7 Å². The highest BCUT2D eigenvalue weighted by Gasteiger charge is 2.40. The average Bonchev–Trinajstić information content (AvgIpc) is 3.14. The minimum absolute atomic E-state index is 0.0161. The predicted molar refractivity (Wildman–Crippen MR) is 78.2 cm³/mol. The van der Waals surface area contributed by atoms with E-state index in [1.54, 1.807) is 0 Å². The molecule has 1 saturated carbocycles. The Kier molecular flexibility index (Phi) is 2.75. The molecular weight excluding hydrogens is 274 g/mol.